The van der Waals surface area contributed by atoms with Crippen molar-refractivity contribution >= 4 is 49.2 Å². The molecule has 1 amide bonds. The standard InChI is InChI=1S/C15H22B2NOS2/c1-10(2)12-7-3-5-11(6-4-8-12)9-13-14(19)18(17-16)15(20)21-13/h9-12H,3-8H2,1-2H3/b13-9-. The molecule has 2 aliphatic rings. The van der Waals surface area contributed by atoms with E-state index in [4.69, 9.17) is 20.0 Å². The van der Waals surface area contributed by atoms with Crippen LogP contribution in [-0.4, -0.2) is 30.1 Å². The number of rotatable bonds is 3. The van der Waals surface area contributed by atoms with Crippen LogP contribution in [0, 0.1) is 17.8 Å². The Balaban J connectivity index is 1.96. The fourth-order valence-corrected chi connectivity index (χ4v) is 4.53. The molecule has 21 heavy (non-hydrogen) atoms. The fourth-order valence-electron chi connectivity index (χ4n) is 3.24. The van der Waals surface area contributed by atoms with E-state index < -0.39 is 0 Å². The summed E-state index contributed by atoms with van der Waals surface area (Å²) in [7, 11) is 6.72. The molecule has 1 aliphatic heterocycles. The Labute approximate surface area is 140 Å². The van der Waals surface area contributed by atoms with E-state index in [0.29, 0.717) is 10.2 Å². The second-order valence-corrected chi connectivity index (χ2v) is 8.02. The van der Waals surface area contributed by atoms with Crippen LogP contribution >= 0.6 is 24.0 Å². The number of carbonyl (C=O) groups excluding carboxylic acids is 1. The highest BCUT2D eigenvalue weighted by Gasteiger charge is 2.31. The molecule has 6 heteroatoms. The van der Waals surface area contributed by atoms with Gasteiger partial charge in [-0.25, -0.2) is 0 Å². The van der Waals surface area contributed by atoms with Crippen LogP contribution in [0.5, 0.6) is 0 Å². The summed E-state index contributed by atoms with van der Waals surface area (Å²) < 4.78 is 0.541. The van der Waals surface area contributed by atoms with Gasteiger partial charge in [-0.2, -0.15) is 0 Å². The molecule has 111 valence electrons. The van der Waals surface area contributed by atoms with E-state index in [1.54, 1.807) is 0 Å². The highest BCUT2D eigenvalue weighted by Crippen LogP contribution is 2.35. The van der Waals surface area contributed by atoms with Crippen molar-refractivity contribution in [3.05, 3.63) is 11.0 Å². The summed E-state index contributed by atoms with van der Waals surface area (Å²) >= 11 is 6.55. The van der Waals surface area contributed by atoms with Gasteiger partial charge in [-0.3, -0.25) is 4.79 Å². The molecule has 2 rings (SSSR count). The predicted octanol–water partition coefficient (Wildman–Crippen LogP) is 3.68. The molecule has 1 saturated heterocycles. The van der Waals surface area contributed by atoms with Crippen molar-refractivity contribution in [1.29, 1.82) is 0 Å². The Kier molecular flexibility index (Phi) is 6.42. The average Bonchev–Trinajstić information content (AvgIpc) is 2.66. The fraction of sp³-hybridized carbons (Fsp3) is 0.733. The van der Waals surface area contributed by atoms with Gasteiger partial charge in [0.1, 0.15) is 4.32 Å². The molecule has 0 unspecified atom stereocenters. The number of hydrogen-bond acceptors (Lipinski definition) is 3. The number of thioether (sulfide) groups is 1. The summed E-state index contributed by atoms with van der Waals surface area (Å²) in [5.41, 5.74) is 0. The van der Waals surface area contributed by atoms with E-state index in [1.165, 1.54) is 62.4 Å². The molecule has 2 nitrogen and oxygen atoms in total. The van der Waals surface area contributed by atoms with Crippen molar-refractivity contribution in [2.75, 3.05) is 0 Å². The first-order valence-corrected chi connectivity index (χ1v) is 9.07. The first-order chi connectivity index (χ1) is 10.0. The number of carbonyl (C=O) groups is 1. The number of allylic oxidation sites excluding steroid dienone is 1. The van der Waals surface area contributed by atoms with Crippen molar-refractivity contribution in [3.63, 3.8) is 0 Å². The van der Waals surface area contributed by atoms with Crippen LogP contribution in [0.1, 0.15) is 52.4 Å². The summed E-state index contributed by atoms with van der Waals surface area (Å²) in [6.07, 6.45) is 9.65. The van der Waals surface area contributed by atoms with Crippen molar-refractivity contribution in [1.82, 2.24) is 4.81 Å². The van der Waals surface area contributed by atoms with E-state index >= 15 is 0 Å². The van der Waals surface area contributed by atoms with Gasteiger partial charge in [-0.15, -0.1) is 0 Å². The number of thiocarbonyl (C=S) groups is 1. The van der Waals surface area contributed by atoms with Crippen molar-refractivity contribution in [3.8, 4) is 0 Å². The molecule has 1 aliphatic carbocycles. The van der Waals surface area contributed by atoms with Gasteiger partial charge in [-0.05, 0) is 30.6 Å². The molecule has 0 aromatic carbocycles. The zero-order chi connectivity index (χ0) is 15.4. The predicted molar refractivity (Wildman–Crippen MR) is 96.1 cm³/mol. The first kappa shape index (κ1) is 17.1. The third-order valence-electron chi connectivity index (χ3n) is 4.60. The molecule has 1 heterocycles. The Morgan fingerprint density at radius 3 is 2.43 bits per heavy atom. The van der Waals surface area contributed by atoms with E-state index in [0.717, 1.165) is 16.7 Å². The van der Waals surface area contributed by atoms with Crippen molar-refractivity contribution in [2.24, 2.45) is 17.8 Å². The second kappa shape index (κ2) is 7.87. The zero-order valence-electron chi connectivity index (χ0n) is 12.9. The Hall–Kier alpha value is -0.220. The maximum Gasteiger partial charge on any atom is 0.252 e. The van der Waals surface area contributed by atoms with Crippen molar-refractivity contribution < 1.29 is 4.79 Å². The second-order valence-electron chi connectivity index (χ2n) is 6.35. The molecule has 0 bridgehead atoms. The van der Waals surface area contributed by atoms with Crippen molar-refractivity contribution in [2.45, 2.75) is 52.4 Å². The topological polar surface area (TPSA) is 20.3 Å². The van der Waals surface area contributed by atoms with E-state index in [2.05, 4.69) is 19.9 Å². The molecule has 3 radical (unpaired) electrons. The first-order valence-electron chi connectivity index (χ1n) is 7.85. The molecule has 1 saturated carbocycles. The third kappa shape index (κ3) is 4.38. The largest absolute Gasteiger partial charge is 0.354 e. The lowest BCUT2D eigenvalue weighted by molar-refractivity contribution is -0.119. The van der Waals surface area contributed by atoms with E-state index in [9.17, 15) is 4.79 Å². The Bertz CT molecular complexity index is 429. The molecule has 0 atom stereocenters. The van der Waals surface area contributed by atoms with Gasteiger partial charge in [0.25, 0.3) is 5.91 Å². The van der Waals surface area contributed by atoms with E-state index in [1.807, 2.05) is 0 Å². The van der Waals surface area contributed by atoms with Gasteiger partial charge < -0.3 is 4.81 Å². The lowest BCUT2D eigenvalue weighted by Crippen LogP contribution is -2.32. The van der Waals surface area contributed by atoms with Gasteiger partial charge in [0.15, 0.2) is 7.31 Å². The van der Waals surface area contributed by atoms with Gasteiger partial charge in [0.05, 0.1) is 4.91 Å². The summed E-state index contributed by atoms with van der Waals surface area (Å²) in [5, 5.41) is 0. The Morgan fingerprint density at radius 2 is 1.95 bits per heavy atom. The van der Waals surface area contributed by atoms with Gasteiger partial charge in [0, 0.05) is 7.74 Å². The molecular weight excluding hydrogens is 296 g/mol. The van der Waals surface area contributed by atoms with E-state index in [-0.39, 0.29) is 5.91 Å². The monoisotopic (exact) mass is 318 g/mol. The lowest BCUT2D eigenvalue weighted by Gasteiger charge is -2.25. The van der Waals surface area contributed by atoms with Gasteiger partial charge >= 0.3 is 0 Å². The van der Waals surface area contributed by atoms with Crippen LogP contribution in [-0.2, 0) is 4.79 Å². The zero-order valence-corrected chi connectivity index (χ0v) is 14.5. The van der Waals surface area contributed by atoms with Gasteiger partial charge in [0.2, 0.25) is 0 Å². The van der Waals surface area contributed by atoms with Crippen LogP contribution in [0.3, 0.4) is 0 Å². The summed E-state index contributed by atoms with van der Waals surface area (Å²) in [6.45, 7) is 4.66. The van der Waals surface area contributed by atoms with Crippen LogP contribution in [0.4, 0.5) is 0 Å². The Morgan fingerprint density at radius 1 is 1.33 bits per heavy atom. The molecule has 0 aromatic rings. The summed E-state index contributed by atoms with van der Waals surface area (Å²) in [5.74, 6) is 2.11. The van der Waals surface area contributed by atoms with Gasteiger partial charge in [-0.1, -0.05) is 69.6 Å². The summed E-state index contributed by atoms with van der Waals surface area (Å²) in [6, 6.07) is 0. The molecule has 2 fully saturated rings. The third-order valence-corrected chi connectivity index (χ3v) is 5.95. The number of amides is 1. The maximum absolute atomic E-state index is 12.2. The highest BCUT2D eigenvalue weighted by atomic mass is 32.2. The quantitative estimate of drug-likeness (QED) is 0.450. The highest BCUT2D eigenvalue weighted by molar-refractivity contribution is 8.26. The molecule has 0 N–H and O–H groups in total. The minimum absolute atomic E-state index is 0.0605. The van der Waals surface area contributed by atoms with Crippen LogP contribution in [0.2, 0.25) is 0 Å². The minimum atomic E-state index is -0.0605. The summed E-state index contributed by atoms with van der Waals surface area (Å²) in [4.78, 5) is 14.3. The average molecular weight is 318 g/mol. The normalized spacial score (nSPS) is 29.9. The molecular formula is C15H22B2NOS2. The van der Waals surface area contributed by atoms with Crippen LogP contribution < -0.4 is 0 Å². The smallest absolute Gasteiger partial charge is 0.252 e. The number of nitrogens with zero attached hydrogens (tertiary/aromatic N) is 1. The van der Waals surface area contributed by atoms with Crippen LogP contribution in [0.25, 0.3) is 0 Å². The SMILES string of the molecule is [B][B]N1C(=O)/C(=C/C2CCCC(C(C)C)CCC2)SC1=S. The minimum Gasteiger partial charge on any atom is -0.354 e. The van der Waals surface area contributed by atoms with Crippen LogP contribution in [0.15, 0.2) is 11.0 Å². The molecule has 0 aromatic heterocycles. The number of hydrogen-bond donors (Lipinski definition) is 0. The maximum atomic E-state index is 12.2. The molecule has 0 spiro atoms. The lowest BCUT2D eigenvalue weighted by atomic mass is 9.65.